The van der Waals surface area contributed by atoms with E-state index < -0.39 is 5.41 Å². The molecule has 0 bridgehead atoms. The number of hydrogen-bond acceptors (Lipinski definition) is 5. The van der Waals surface area contributed by atoms with Crippen molar-refractivity contribution in [2.75, 3.05) is 5.32 Å². The van der Waals surface area contributed by atoms with Gasteiger partial charge in [-0.1, -0.05) is 18.6 Å². The summed E-state index contributed by atoms with van der Waals surface area (Å²) in [6.07, 6.45) is 5.22. The molecule has 1 amide bonds. The predicted molar refractivity (Wildman–Crippen MR) is 61.5 cm³/mol. The molecule has 0 radical (unpaired) electrons. The van der Waals surface area contributed by atoms with Gasteiger partial charge in [-0.3, -0.25) is 10.1 Å². The third kappa shape index (κ3) is 1.73. The summed E-state index contributed by atoms with van der Waals surface area (Å²) in [5, 5.41) is 9.86. The lowest BCUT2D eigenvalue weighted by Gasteiger charge is -2.38. The van der Waals surface area contributed by atoms with Gasteiger partial charge < -0.3 is 5.73 Å². The molecule has 1 aliphatic rings. The first-order chi connectivity index (χ1) is 7.65. The second kappa shape index (κ2) is 4.09. The smallest absolute Gasteiger partial charge is 0.249 e. The number of rotatable bonds is 3. The molecule has 1 aromatic heterocycles. The third-order valence-corrected chi connectivity index (χ3v) is 3.21. The van der Waals surface area contributed by atoms with Crippen molar-refractivity contribution in [3.05, 3.63) is 12.4 Å². The molecule has 84 valence electrons. The Morgan fingerprint density at radius 3 is 2.69 bits per heavy atom. The van der Waals surface area contributed by atoms with E-state index in [1.54, 1.807) is 0 Å². The standard InChI is InChI=1S/C9H11N5OS/c10-6(16)9(2-1-3-9)7(15)13-8-11-4-5-12-14-8/h4-5H,1-3H2,(H2,10,16)(H,11,13,14,15). The van der Waals surface area contributed by atoms with Crippen LogP contribution in [0.2, 0.25) is 0 Å². The van der Waals surface area contributed by atoms with E-state index in [9.17, 15) is 4.79 Å². The van der Waals surface area contributed by atoms with Gasteiger partial charge in [0.1, 0.15) is 0 Å². The number of amides is 1. The minimum Gasteiger partial charge on any atom is -0.392 e. The van der Waals surface area contributed by atoms with E-state index in [2.05, 4.69) is 20.5 Å². The molecular formula is C9H11N5OS. The van der Waals surface area contributed by atoms with Crippen molar-refractivity contribution in [2.24, 2.45) is 11.1 Å². The first-order valence-corrected chi connectivity index (χ1v) is 5.31. The Morgan fingerprint density at radius 2 is 2.25 bits per heavy atom. The fourth-order valence-corrected chi connectivity index (χ4v) is 1.94. The first kappa shape index (κ1) is 10.9. The molecule has 1 saturated carbocycles. The number of aromatic nitrogens is 3. The monoisotopic (exact) mass is 237 g/mol. The third-order valence-electron chi connectivity index (χ3n) is 2.82. The molecule has 0 saturated heterocycles. The van der Waals surface area contributed by atoms with Crippen LogP contribution >= 0.6 is 12.2 Å². The van der Waals surface area contributed by atoms with Crippen LogP contribution in [0.5, 0.6) is 0 Å². The lowest BCUT2D eigenvalue weighted by Crippen LogP contribution is -2.50. The number of carbonyl (C=O) groups excluding carboxylic acids is 1. The van der Waals surface area contributed by atoms with Gasteiger partial charge in [-0.2, -0.15) is 5.10 Å². The Labute approximate surface area is 97.7 Å². The van der Waals surface area contributed by atoms with Crippen molar-refractivity contribution in [3.8, 4) is 0 Å². The maximum Gasteiger partial charge on any atom is 0.249 e. The summed E-state index contributed by atoms with van der Waals surface area (Å²) in [7, 11) is 0. The molecular weight excluding hydrogens is 226 g/mol. The van der Waals surface area contributed by atoms with E-state index in [0.717, 1.165) is 6.42 Å². The summed E-state index contributed by atoms with van der Waals surface area (Å²) < 4.78 is 0. The fourth-order valence-electron chi connectivity index (χ4n) is 1.64. The van der Waals surface area contributed by atoms with Crippen molar-refractivity contribution < 1.29 is 4.79 Å². The summed E-state index contributed by atoms with van der Waals surface area (Å²) in [4.78, 5) is 16.1. The highest BCUT2D eigenvalue weighted by atomic mass is 32.1. The van der Waals surface area contributed by atoms with Crippen LogP contribution in [-0.2, 0) is 4.79 Å². The normalized spacial score (nSPS) is 17.2. The van der Waals surface area contributed by atoms with Gasteiger partial charge in [-0.15, -0.1) is 5.10 Å². The Balaban J connectivity index is 2.11. The lowest BCUT2D eigenvalue weighted by atomic mass is 9.68. The molecule has 0 aliphatic heterocycles. The second-order valence-corrected chi connectivity index (χ2v) is 4.16. The minimum absolute atomic E-state index is 0.176. The highest BCUT2D eigenvalue weighted by Crippen LogP contribution is 2.41. The van der Waals surface area contributed by atoms with Crippen molar-refractivity contribution in [3.63, 3.8) is 0 Å². The Hall–Kier alpha value is -1.63. The number of thiocarbonyl (C=S) groups is 1. The van der Waals surface area contributed by atoms with Gasteiger partial charge in [0.05, 0.1) is 22.8 Å². The van der Waals surface area contributed by atoms with Gasteiger partial charge in [0.15, 0.2) is 0 Å². The average Bonchev–Trinajstić information content (AvgIpc) is 2.16. The van der Waals surface area contributed by atoms with Gasteiger partial charge in [0, 0.05) is 0 Å². The van der Waals surface area contributed by atoms with E-state index in [1.165, 1.54) is 12.4 Å². The fraction of sp³-hybridized carbons (Fsp3) is 0.444. The number of nitrogens with one attached hydrogen (secondary N) is 1. The molecule has 6 nitrogen and oxygen atoms in total. The zero-order chi connectivity index (χ0) is 11.6. The highest BCUT2D eigenvalue weighted by Gasteiger charge is 2.47. The molecule has 0 aromatic carbocycles. The number of nitrogens with two attached hydrogens (primary N) is 1. The largest absolute Gasteiger partial charge is 0.392 e. The van der Waals surface area contributed by atoms with Crippen molar-refractivity contribution in [1.82, 2.24) is 15.2 Å². The molecule has 0 spiro atoms. The minimum atomic E-state index is -0.714. The lowest BCUT2D eigenvalue weighted by molar-refractivity contribution is -0.125. The van der Waals surface area contributed by atoms with E-state index in [4.69, 9.17) is 18.0 Å². The summed E-state index contributed by atoms with van der Waals surface area (Å²) in [5.41, 5.74) is 4.89. The van der Waals surface area contributed by atoms with E-state index in [0.29, 0.717) is 12.8 Å². The topological polar surface area (TPSA) is 93.8 Å². The van der Waals surface area contributed by atoms with E-state index in [-0.39, 0.29) is 16.8 Å². The quantitative estimate of drug-likeness (QED) is 0.733. The molecule has 3 N–H and O–H groups in total. The van der Waals surface area contributed by atoms with E-state index in [1.807, 2.05) is 0 Å². The zero-order valence-electron chi connectivity index (χ0n) is 8.51. The van der Waals surface area contributed by atoms with Gasteiger partial charge >= 0.3 is 0 Å². The van der Waals surface area contributed by atoms with Crippen LogP contribution in [0.3, 0.4) is 0 Å². The molecule has 1 aromatic rings. The Kier molecular flexibility index (Phi) is 2.78. The summed E-state index contributed by atoms with van der Waals surface area (Å²) in [5.74, 6) is -0.0609. The van der Waals surface area contributed by atoms with Gasteiger partial charge in [-0.05, 0) is 12.8 Å². The predicted octanol–water partition coefficient (Wildman–Crippen LogP) is 0.266. The van der Waals surface area contributed by atoms with Crippen LogP contribution < -0.4 is 11.1 Å². The van der Waals surface area contributed by atoms with Gasteiger partial charge in [-0.25, -0.2) is 4.98 Å². The van der Waals surface area contributed by atoms with Crippen LogP contribution in [0.1, 0.15) is 19.3 Å². The van der Waals surface area contributed by atoms with Crippen molar-refractivity contribution in [1.29, 1.82) is 0 Å². The zero-order valence-corrected chi connectivity index (χ0v) is 9.33. The van der Waals surface area contributed by atoms with Crippen molar-refractivity contribution in [2.45, 2.75) is 19.3 Å². The molecule has 1 aliphatic carbocycles. The maximum absolute atomic E-state index is 12.0. The van der Waals surface area contributed by atoms with Crippen LogP contribution in [0.4, 0.5) is 5.95 Å². The van der Waals surface area contributed by atoms with Crippen LogP contribution in [0, 0.1) is 5.41 Å². The van der Waals surface area contributed by atoms with Crippen LogP contribution in [0.15, 0.2) is 12.4 Å². The van der Waals surface area contributed by atoms with Crippen LogP contribution in [-0.4, -0.2) is 26.1 Å². The SMILES string of the molecule is NC(=S)C1(C(=O)Nc2nccnn2)CCC1. The summed E-state index contributed by atoms with van der Waals surface area (Å²) in [6, 6.07) is 0. The number of carbonyl (C=O) groups is 1. The molecule has 16 heavy (non-hydrogen) atoms. The van der Waals surface area contributed by atoms with Gasteiger partial charge in [0.25, 0.3) is 0 Å². The number of anilines is 1. The van der Waals surface area contributed by atoms with Crippen molar-refractivity contribution >= 4 is 29.1 Å². The second-order valence-electron chi connectivity index (χ2n) is 3.72. The molecule has 1 fully saturated rings. The van der Waals surface area contributed by atoms with E-state index >= 15 is 0 Å². The summed E-state index contributed by atoms with van der Waals surface area (Å²) >= 11 is 4.93. The summed E-state index contributed by atoms with van der Waals surface area (Å²) in [6.45, 7) is 0. The Bertz CT molecular complexity index is 417. The molecule has 7 heteroatoms. The van der Waals surface area contributed by atoms with Crippen LogP contribution in [0.25, 0.3) is 0 Å². The Morgan fingerprint density at radius 1 is 1.50 bits per heavy atom. The number of hydrogen-bond donors (Lipinski definition) is 2. The molecule has 0 unspecified atom stereocenters. The molecule has 0 atom stereocenters. The number of nitrogens with zero attached hydrogens (tertiary/aromatic N) is 3. The maximum atomic E-state index is 12.0. The first-order valence-electron chi connectivity index (χ1n) is 4.90. The molecule has 2 rings (SSSR count). The van der Waals surface area contributed by atoms with Gasteiger partial charge in [0.2, 0.25) is 11.9 Å². The average molecular weight is 237 g/mol. The molecule has 1 heterocycles. The highest BCUT2D eigenvalue weighted by molar-refractivity contribution is 7.80.